The monoisotopic (exact) mass is 252 g/mol. The fourth-order valence-electron chi connectivity index (χ4n) is 2.55. The third kappa shape index (κ3) is 1.96. The van der Waals surface area contributed by atoms with Gasteiger partial charge in [0.15, 0.2) is 0 Å². The fourth-order valence-corrected chi connectivity index (χ4v) is 2.55. The molecular formula is C12H20N4O2. The lowest BCUT2D eigenvalue weighted by Crippen LogP contribution is -2.41. The van der Waals surface area contributed by atoms with Crippen molar-refractivity contribution in [1.29, 1.82) is 0 Å². The zero-order chi connectivity index (χ0) is 13.3. The molecule has 1 amide bonds. The highest BCUT2D eigenvalue weighted by Crippen LogP contribution is 2.26. The van der Waals surface area contributed by atoms with Crippen LogP contribution in [0.25, 0.3) is 0 Å². The number of nitrogens with two attached hydrogens (primary N) is 1. The summed E-state index contributed by atoms with van der Waals surface area (Å²) in [5, 5.41) is 13.5. The molecule has 2 unspecified atom stereocenters. The second kappa shape index (κ2) is 4.97. The minimum Gasteiger partial charge on any atom is -0.396 e. The third-order valence-electron chi connectivity index (χ3n) is 3.70. The zero-order valence-electron chi connectivity index (χ0n) is 10.8. The van der Waals surface area contributed by atoms with Gasteiger partial charge in [0.25, 0.3) is 5.91 Å². The number of carbonyl (C=O) groups excluding carboxylic acids is 1. The summed E-state index contributed by atoms with van der Waals surface area (Å²) in [5.74, 6) is 0.188. The van der Waals surface area contributed by atoms with Crippen molar-refractivity contribution in [1.82, 2.24) is 14.7 Å². The Morgan fingerprint density at radius 2 is 2.39 bits per heavy atom. The highest BCUT2D eigenvalue weighted by Gasteiger charge is 2.36. The average Bonchev–Trinajstić information content (AvgIpc) is 2.91. The van der Waals surface area contributed by atoms with Gasteiger partial charge in [0.2, 0.25) is 0 Å². The number of amides is 1. The first-order chi connectivity index (χ1) is 8.60. The van der Waals surface area contributed by atoms with Crippen LogP contribution >= 0.6 is 0 Å². The van der Waals surface area contributed by atoms with Crippen LogP contribution in [0.2, 0.25) is 0 Å². The molecule has 1 aromatic rings. The van der Waals surface area contributed by atoms with Gasteiger partial charge in [-0.2, -0.15) is 5.10 Å². The van der Waals surface area contributed by atoms with Gasteiger partial charge in [-0.25, -0.2) is 0 Å². The number of hydrogen-bond donors (Lipinski definition) is 2. The van der Waals surface area contributed by atoms with Crippen LogP contribution in [0.5, 0.6) is 0 Å². The molecule has 1 aliphatic rings. The first-order valence-electron chi connectivity index (χ1n) is 6.33. The van der Waals surface area contributed by atoms with Gasteiger partial charge in [0.05, 0.1) is 24.5 Å². The summed E-state index contributed by atoms with van der Waals surface area (Å²) in [5.41, 5.74) is 6.65. The minimum atomic E-state index is -0.129. The molecule has 1 aromatic heterocycles. The van der Waals surface area contributed by atoms with Crippen molar-refractivity contribution in [3.05, 3.63) is 11.9 Å². The molecule has 18 heavy (non-hydrogen) atoms. The maximum atomic E-state index is 12.5. The van der Waals surface area contributed by atoms with E-state index in [0.717, 1.165) is 6.42 Å². The Labute approximate surface area is 106 Å². The van der Waals surface area contributed by atoms with Crippen molar-refractivity contribution in [2.45, 2.75) is 32.9 Å². The lowest BCUT2D eigenvalue weighted by atomic mass is 10.0. The number of carbonyl (C=O) groups is 1. The molecule has 0 saturated carbocycles. The van der Waals surface area contributed by atoms with Crippen LogP contribution < -0.4 is 5.73 Å². The third-order valence-corrected chi connectivity index (χ3v) is 3.70. The van der Waals surface area contributed by atoms with E-state index in [1.807, 2.05) is 6.92 Å². The molecule has 1 fully saturated rings. The Morgan fingerprint density at radius 3 is 3.00 bits per heavy atom. The Hall–Kier alpha value is -1.56. The van der Waals surface area contributed by atoms with Crippen LogP contribution in [-0.2, 0) is 6.54 Å². The number of nitrogens with zero attached hydrogens (tertiary/aromatic N) is 3. The van der Waals surface area contributed by atoms with E-state index in [9.17, 15) is 9.90 Å². The Balaban J connectivity index is 2.28. The lowest BCUT2D eigenvalue weighted by molar-refractivity contribution is 0.0637. The van der Waals surface area contributed by atoms with Crippen LogP contribution in [0, 0.1) is 5.92 Å². The molecule has 0 radical (unpaired) electrons. The van der Waals surface area contributed by atoms with Gasteiger partial charge < -0.3 is 15.7 Å². The number of aliphatic hydroxyl groups excluding tert-OH is 1. The Bertz CT molecular complexity index is 443. The largest absolute Gasteiger partial charge is 0.396 e. The summed E-state index contributed by atoms with van der Waals surface area (Å²) >= 11 is 0. The van der Waals surface area contributed by atoms with Gasteiger partial charge >= 0.3 is 0 Å². The Kier molecular flexibility index (Phi) is 3.56. The van der Waals surface area contributed by atoms with Crippen molar-refractivity contribution < 1.29 is 9.90 Å². The quantitative estimate of drug-likeness (QED) is 0.812. The van der Waals surface area contributed by atoms with Gasteiger partial charge in [0, 0.05) is 13.1 Å². The normalized spacial score (nSPS) is 23.6. The van der Waals surface area contributed by atoms with Crippen molar-refractivity contribution in [2.75, 3.05) is 18.9 Å². The predicted molar refractivity (Wildman–Crippen MR) is 68.0 cm³/mol. The summed E-state index contributed by atoms with van der Waals surface area (Å²) in [7, 11) is 0. The first kappa shape index (κ1) is 12.9. The summed E-state index contributed by atoms with van der Waals surface area (Å²) in [6, 6.07) is -0.114. The van der Waals surface area contributed by atoms with Crippen LogP contribution in [-0.4, -0.2) is 44.9 Å². The van der Waals surface area contributed by atoms with Crippen LogP contribution in [0.15, 0.2) is 6.20 Å². The number of aryl methyl sites for hydroxylation is 1. The molecule has 2 rings (SSSR count). The highest BCUT2D eigenvalue weighted by molar-refractivity contribution is 5.97. The van der Waals surface area contributed by atoms with Crippen LogP contribution in [0.1, 0.15) is 30.8 Å². The second-order valence-corrected chi connectivity index (χ2v) is 4.78. The fraction of sp³-hybridized carbons (Fsp3) is 0.667. The first-order valence-corrected chi connectivity index (χ1v) is 6.33. The van der Waals surface area contributed by atoms with E-state index < -0.39 is 0 Å². The molecule has 0 aliphatic carbocycles. The maximum absolute atomic E-state index is 12.5. The van der Waals surface area contributed by atoms with E-state index in [4.69, 9.17) is 5.73 Å². The number of aliphatic hydroxyl groups is 1. The molecule has 1 aliphatic heterocycles. The van der Waals surface area contributed by atoms with Gasteiger partial charge in [-0.1, -0.05) is 6.92 Å². The molecule has 6 heteroatoms. The lowest BCUT2D eigenvalue weighted by Gasteiger charge is -2.25. The van der Waals surface area contributed by atoms with Crippen LogP contribution in [0.3, 0.4) is 0 Å². The summed E-state index contributed by atoms with van der Waals surface area (Å²) in [6.07, 6.45) is 2.42. The molecule has 3 N–H and O–H groups in total. The van der Waals surface area contributed by atoms with E-state index in [1.54, 1.807) is 9.58 Å². The highest BCUT2D eigenvalue weighted by atomic mass is 16.3. The molecule has 2 atom stereocenters. The van der Waals surface area contributed by atoms with E-state index >= 15 is 0 Å². The van der Waals surface area contributed by atoms with Gasteiger partial charge in [-0.3, -0.25) is 9.48 Å². The molecule has 1 saturated heterocycles. The number of aromatic nitrogens is 2. The van der Waals surface area contributed by atoms with Gasteiger partial charge in [0.1, 0.15) is 5.69 Å². The Morgan fingerprint density at radius 1 is 1.67 bits per heavy atom. The van der Waals surface area contributed by atoms with Crippen molar-refractivity contribution in [3.63, 3.8) is 0 Å². The molecule has 100 valence electrons. The van der Waals surface area contributed by atoms with Gasteiger partial charge in [-0.15, -0.1) is 0 Å². The number of rotatable bonds is 3. The van der Waals surface area contributed by atoms with Crippen molar-refractivity contribution >= 4 is 11.6 Å². The number of likely N-dealkylation sites (tertiary alicyclic amines) is 1. The molecule has 2 heterocycles. The standard InChI is InChI=1S/C12H20N4O2/c1-3-16-11(9(13)6-14-16)12(18)15-5-4-8(2)10(15)7-17/h6,8,10,17H,3-5,7,13H2,1-2H3. The van der Waals surface area contributed by atoms with Crippen molar-refractivity contribution in [3.8, 4) is 0 Å². The summed E-state index contributed by atoms with van der Waals surface area (Å²) in [6.45, 7) is 5.23. The zero-order valence-corrected chi connectivity index (χ0v) is 10.8. The smallest absolute Gasteiger partial charge is 0.274 e. The van der Waals surface area contributed by atoms with E-state index in [2.05, 4.69) is 12.0 Å². The second-order valence-electron chi connectivity index (χ2n) is 4.78. The van der Waals surface area contributed by atoms with E-state index in [1.165, 1.54) is 6.20 Å². The number of hydrogen-bond acceptors (Lipinski definition) is 4. The molecule has 0 spiro atoms. The van der Waals surface area contributed by atoms with Crippen LogP contribution in [0.4, 0.5) is 5.69 Å². The van der Waals surface area contributed by atoms with Gasteiger partial charge in [-0.05, 0) is 19.3 Å². The number of anilines is 1. The number of nitrogen functional groups attached to an aromatic ring is 1. The maximum Gasteiger partial charge on any atom is 0.274 e. The topological polar surface area (TPSA) is 84.4 Å². The minimum absolute atomic E-state index is 0.00687. The molecule has 0 aromatic carbocycles. The SMILES string of the molecule is CCn1ncc(N)c1C(=O)N1CCC(C)C1CO. The molecule has 0 bridgehead atoms. The van der Waals surface area contributed by atoms with E-state index in [0.29, 0.717) is 30.4 Å². The average molecular weight is 252 g/mol. The van der Waals surface area contributed by atoms with Crippen molar-refractivity contribution in [2.24, 2.45) is 5.92 Å². The van der Waals surface area contributed by atoms with E-state index in [-0.39, 0.29) is 18.6 Å². The molecule has 6 nitrogen and oxygen atoms in total. The molecular weight excluding hydrogens is 232 g/mol. The predicted octanol–water partition coefficient (Wildman–Crippen LogP) is 0.328. The summed E-state index contributed by atoms with van der Waals surface area (Å²) in [4.78, 5) is 14.2. The summed E-state index contributed by atoms with van der Waals surface area (Å²) < 4.78 is 1.61.